The van der Waals surface area contributed by atoms with Crippen LogP contribution in [0.25, 0.3) is 0 Å². The van der Waals surface area contributed by atoms with Crippen LogP contribution in [-0.2, 0) is 0 Å². The summed E-state index contributed by atoms with van der Waals surface area (Å²) >= 11 is 0. The predicted octanol–water partition coefficient (Wildman–Crippen LogP) is 0.899. The molecule has 0 spiro atoms. The van der Waals surface area contributed by atoms with E-state index in [1.54, 1.807) is 0 Å². The maximum atomic E-state index is 10.1. The molecule has 1 aliphatic heterocycles. The summed E-state index contributed by atoms with van der Waals surface area (Å²) < 4.78 is 0. The molecule has 2 heteroatoms. The first kappa shape index (κ1) is 7.56. The van der Waals surface area contributed by atoms with Crippen molar-refractivity contribution in [2.75, 3.05) is 6.54 Å². The first-order chi connectivity index (χ1) is 5.22. The summed E-state index contributed by atoms with van der Waals surface area (Å²) in [5.41, 5.74) is -0.301. The van der Waals surface area contributed by atoms with E-state index < -0.39 is 0 Å². The third-order valence-electron chi connectivity index (χ3n) is 3.42. The van der Waals surface area contributed by atoms with Crippen molar-refractivity contribution in [3.05, 3.63) is 0 Å². The molecule has 0 aromatic carbocycles. The summed E-state index contributed by atoms with van der Waals surface area (Å²) in [6.07, 6.45) is 4.51. The summed E-state index contributed by atoms with van der Waals surface area (Å²) in [4.78, 5) is 0. The highest BCUT2D eigenvalue weighted by Crippen LogP contribution is 2.39. The monoisotopic (exact) mass is 155 g/mol. The van der Waals surface area contributed by atoms with Crippen LogP contribution in [-0.4, -0.2) is 23.3 Å². The van der Waals surface area contributed by atoms with Gasteiger partial charge in [-0.3, -0.25) is 0 Å². The van der Waals surface area contributed by atoms with Gasteiger partial charge in [-0.15, -0.1) is 0 Å². The summed E-state index contributed by atoms with van der Waals surface area (Å²) in [5.74, 6) is 0.532. The quantitative estimate of drug-likeness (QED) is 0.589. The Labute approximate surface area is 68.0 Å². The van der Waals surface area contributed by atoms with E-state index in [1.165, 1.54) is 12.8 Å². The Balaban J connectivity index is 2.01. The molecule has 2 nitrogen and oxygen atoms in total. The Kier molecular flexibility index (Phi) is 1.69. The topological polar surface area (TPSA) is 32.3 Å². The lowest BCUT2D eigenvalue weighted by Gasteiger charge is -2.45. The fraction of sp³-hybridized carbons (Fsp3) is 1.00. The first-order valence-electron chi connectivity index (χ1n) is 4.68. The second-order valence-electron chi connectivity index (χ2n) is 4.11. The maximum absolute atomic E-state index is 10.1. The van der Waals surface area contributed by atoms with Crippen LogP contribution in [0.3, 0.4) is 0 Å². The minimum Gasteiger partial charge on any atom is -0.389 e. The van der Waals surface area contributed by atoms with Crippen molar-refractivity contribution in [2.24, 2.45) is 5.92 Å². The Hall–Kier alpha value is -0.0800. The van der Waals surface area contributed by atoms with E-state index in [-0.39, 0.29) is 5.60 Å². The fourth-order valence-electron chi connectivity index (χ4n) is 2.48. The number of hydrogen-bond donors (Lipinski definition) is 2. The van der Waals surface area contributed by atoms with Crippen molar-refractivity contribution in [3.63, 3.8) is 0 Å². The van der Waals surface area contributed by atoms with Gasteiger partial charge in [-0.25, -0.2) is 0 Å². The molecule has 0 aromatic rings. The van der Waals surface area contributed by atoms with Crippen LogP contribution in [0.1, 0.15) is 32.6 Å². The molecular formula is C9H17NO. The zero-order valence-electron chi connectivity index (χ0n) is 7.14. The van der Waals surface area contributed by atoms with Gasteiger partial charge in [-0.05, 0) is 19.8 Å². The van der Waals surface area contributed by atoms with Gasteiger partial charge < -0.3 is 10.4 Å². The average molecular weight is 155 g/mol. The highest BCUT2D eigenvalue weighted by Gasteiger charge is 2.45. The van der Waals surface area contributed by atoms with Crippen molar-refractivity contribution in [3.8, 4) is 0 Å². The second-order valence-corrected chi connectivity index (χ2v) is 4.11. The van der Waals surface area contributed by atoms with Crippen LogP contribution in [0.5, 0.6) is 0 Å². The molecule has 2 rings (SSSR count). The maximum Gasteiger partial charge on any atom is 0.0702 e. The number of hydrogen-bond acceptors (Lipinski definition) is 2. The molecule has 0 bridgehead atoms. The molecule has 0 amide bonds. The molecule has 2 aliphatic rings. The van der Waals surface area contributed by atoms with Gasteiger partial charge in [0.1, 0.15) is 0 Å². The van der Waals surface area contributed by atoms with Gasteiger partial charge in [0, 0.05) is 18.5 Å². The summed E-state index contributed by atoms with van der Waals surface area (Å²) in [6.45, 7) is 3.20. The molecule has 2 fully saturated rings. The number of aliphatic hydroxyl groups is 1. The minimum atomic E-state index is -0.301. The number of rotatable bonds is 1. The van der Waals surface area contributed by atoms with Crippen molar-refractivity contribution in [2.45, 2.75) is 44.2 Å². The third kappa shape index (κ3) is 1.09. The Morgan fingerprint density at radius 1 is 1.36 bits per heavy atom. The molecule has 0 unspecified atom stereocenters. The van der Waals surface area contributed by atoms with Crippen LogP contribution in [0.4, 0.5) is 0 Å². The van der Waals surface area contributed by atoms with E-state index in [0.29, 0.717) is 12.0 Å². The highest BCUT2D eigenvalue weighted by atomic mass is 16.3. The van der Waals surface area contributed by atoms with Gasteiger partial charge in [0.25, 0.3) is 0 Å². The van der Waals surface area contributed by atoms with E-state index in [0.717, 1.165) is 19.4 Å². The Morgan fingerprint density at radius 2 is 2.00 bits per heavy atom. The van der Waals surface area contributed by atoms with Crippen molar-refractivity contribution in [1.82, 2.24) is 5.32 Å². The highest BCUT2D eigenvalue weighted by molar-refractivity contribution is 5.01. The summed E-state index contributed by atoms with van der Waals surface area (Å²) in [6, 6.07) is 0.540. The Morgan fingerprint density at radius 3 is 2.36 bits per heavy atom. The van der Waals surface area contributed by atoms with Crippen LogP contribution in [0.15, 0.2) is 0 Å². The summed E-state index contributed by atoms with van der Waals surface area (Å²) in [7, 11) is 0. The lowest BCUT2D eigenvalue weighted by atomic mass is 9.76. The van der Waals surface area contributed by atoms with E-state index in [9.17, 15) is 5.11 Å². The molecule has 0 aromatic heterocycles. The average Bonchev–Trinajstić information content (AvgIpc) is 2.33. The molecule has 0 radical (unpaired) electrons. The summed E-state index contributed by atoms with van der Waals surface area (Å²) in [5, 5.41) is 13.4. The number of nitrogens with one attached hydrogen (secondary N) is 1. The SMILES string of the molecule is C[C@@H]1NC[C@H]1C1(O)CCCC1. The molecular weight excluding hydrogens is 138 g/mol. The second kappa shape index (κ2) is 2.46. The van der Waals surface area contributed by atoms with Gasteiger partial charge in [0.2, 0.25) is 0 Å². The molecule has 2 N–H and O–H groups in total. The van der Waals surface area contributed by atoms with Gasteiger partial charge in [0.05, 0.1) is 5.60 Å². The van der Waals surface area contributed by atoms with Crippen molar-refractivity contribution < 1.29 is 5.11 Å². The molecule has 1 aliphatic carbocycles. The smallest absolute Gasteiger partial charge is 0.0702 e. The minimum absolute atomic E-state index is 0.301. The molecule has 2 atom stereocenters. The fourth-order valence-corrected chi connectivity index (χ4v) is 2.48. The molecule has 1 saturated carbocycles. The first-order valence-corrected chi connectivity index (χ1v) is 4.68. The molecule has 1 saturated heterocycles. The van der Waals surface area contributed by atoms with E-state index >= 15 is 0 Å². The molecule has 1 heterocycles. The Bertz CT molecular complexity index is 152. The van der Waals surface area contributed by atoms with Gasteiger partial charge in [-0.2, -0.15) is 0 Å². The largest absolute Gasteiger partial charge is 0.389 e. The van der Waals surface area contributed by atoms with Gasteiger partial charge >= 0.3 is 0 Å². The molecule has 64 valence electrons. The van der Waals surface area contributed by atoms with Crippen molar-refractivity contribution in [1.29, 1.82) is 0 Å². The standard InChI is InChI=1S/C9H17NO/c1-7-8(6-10-7)9(11)4-2-3-5-9/h7-8,10-11H,2-6H2,1H3/t7-,8+/m0/s1. The molecule has 11 heavy (non-hydrogen) atoms. The van der Waals surface area contributed by atoms with E-state index in [1.807, 2.05) is 0 Å². The van der Waals surface area contributed by atoms with Gasteiger partial charge in [-0.1, -0.05) is 12.8 Å². The zero-order valence-corrected chi connectivity index (χ0v) is 7.14. The van der Waals surface area contributed by atoms with E-state index in [2.05, 4.69) is 12.2 Å². The van der Waals surface area contributed by atoms with Crippen LogP contribution in [0, 0.1) is 5.92 Å². The zero-order chi connectivity index (χ0) is 7.90. The van der Waals surface area contributed by atoms with Gasteiger partial charge in [0.15, 0.2) is 0 Å². The van der Waals surface area contributed by atoms with E-state index in [4.69, 9.17) is 0 Å². The van der Waals surface area contributed by atoms with Crippen LogP contribution >= 0.6 is 0 Å². The van der Waals surface area contributed by atoms with Crippen LogP contribution < -0.4 is 5.32 Å². The lowest BCUT2D eigenvalue weighted by molar-refractivity contribution is -0.0530. The lowest BCUT2D eigenvalue weighted by Crippen LogP contribution is -2.60. The normalized spacial score (nSPS) is 42.0. The third-order valence-corrected chi connectivity index (χ3v) is 3.42. The predicted molar refractivity (Wildman–Crippen MR) is 44.4 cm³/mol. The van der Waals surface area contributed by atoms with Crippen molar-refractivity contribution >= 4 is 0 Å². The van der Waals surface area contributed by atoms with Crippen LogP contribution in [0.2, 0.25) is 0 Å².